The van der Waals surface area contributed by atoms with E-state index in [-0.39, 0.29) is 11.1 Å². The quantitative estimate of drug-likeness (QED) is 0.309. The Kier molecular flexibility index (Phi) is 5.58. The van der Waals surface area contributed by atoms with E-state index in [0.717, 1.165) is 56.1 Å². The van der Waals surface area contributed by atoms with Crippen LogP contribution in [0.2, 0.25) is 0 Å². The zero-order valence-corrected chi connectivity index (χ0v) is 19.5. The molecule has 2 aliphatic rings. The van der Waals surface area contributed by atoms with Gasteiger partial charge in [0.05, 0.1) is 46.9 Å². The van der Waals surface area contributed by atoms with E-state index in [1.807, 2.05) is 36.4 Å². The number of hydrogen-bond donors (Lipinski definition) is 3. The van der Waals surface area contributed by atoms with Crippen LogP contribution >= 0.6 is 0 Å². The van der Waals surface area contributed by atoms with Crippen LogP contribution < -0.4 is 16.1 Å². The normalized spacial score (nSPS) is 15.0. The Morgan fingerprint density at radius 2 is 1.89 bits per heavy atom. The Morgan fingerprint density at radius 3 is 2.64 bits per heavy atom. The topological polar surface area (TPSA) is 95.8 Å². The van der Waals surface area contributed by atoms with Crippen LogP contribution in [0.15, 0.2) is 53.5 Å². The van der Waals surface area contributed by atoms with E-state index < -0.39 is 22.8 Å². The maximum absolute atomic E-state index is 15.4. The fraction of sp³-hybridized carbons (Fsp3) is 0.259. The monoisotopic (exact) mass is 488 g/mol. The average Bonchev–Trinajstić information content (AvgIpc) is 2.88. The molecule has 1 saturated heterocycles. The molecule has 36 heavy (non-hydrogen) atoms. The summed E-state index contributed by atoms with van der Waals surface area (Å²) in [6.45, 7) is 4.64. The molecule has 1 aromatic heterocycles. The van der Waals surface area contributed by atoms with Gasteiger partial charge in [0.15, 0.2) is 0 Å². The summed E-state index contributed by atoms with van der Waals surface area (Å²) in [7, 11) is 0. The number of nitrogens with zero attached hydrogens (tertiary/aromatic N) is 2. The minimum atomic E-state index is -1.35. The molecule has 0 bridgehead atoms. The number of hydrogen-bond acceptors (Lipinski definition) is 6. The summed E-state index contributed by atoms with van der Waals surface area (Å²) >= 11 is 0. The van der Waals surface area contributed by atoms with Crippen molar-refractivity contribution in [1.29, 1.82) is 0 Å². The van der Waals surface area contributed by atoms with E-state index in [2.05, 4.69) is 15.5 Å². The summed E-state index contributed by atoms with van der Waals surface area (Å²) in [5.74, 6) is -1.95. The van der Waals surface area contributed by atoms with Crippen LogP contribution in [0, 0.1) is 5.82 Å². The lowest BCUT2D eigenvalue weighted by molar-refractivity contribution is 0.0378. The highest BCUT2D eigenvalue weighted by atomic mass is 19.1. The number of carboxylic acid groups (broad SMARTS) is 1. The molecule has 3 heterocycles. The maximum Gasteiger partial charge on any atom is 0.341 e. The lowest BCUT2D eigenvalue weighted by Crippen LogP contribution is -2.37. The first kappa shape index (κ1) is 22.5. The molecule has 0 saturated carbocycles. The second-order valence-electron chi connectivity index (χ2n) is 9.13. The van der Waals surface area contributed by atoms with Gasteiger partial charge in [0, 0.05) is 25.8 Å². The highest BCUT2D eigenvalue weighted by molar-refractivity contribution is 6.07. The molecule has 0 aliphatic carbocycles. The van der Waals surface area contributed by atoms with Crippen LogP contribution in [0.25, 0.3) is 27.4 Å². The van der Waals surface area contributed by atoms with Gasteiger partial charge in [0.1, 0.15) is 11.4 Å². The van der Waals surface area contributed by atoms with Crippen LogP contribution in [0.5, 0.6) is 0 Å². The van der Waals surface area contributed by atoms with Crippen molar-refractivity contribution in [1.82, 2.24) is 9.47 Å². The number of fused-ring (bicyclic) bond motifs is 3. The first-order chi connectivity index (χ1) is 17.5. The summed E-state index contributed by atoms with van der Waals surface area (Å²) in [5, 5.41) is 18.2. The molecule has 3 N–H and O–H groups in total. The number of rotatable bonds is 6. The van der Waals surface area contributed by atoms with Gasteiger partial charge in [-0.15, -0.1) is 0 Å². The molecule has 1 fully saturated rings. The minimum Gasteiger partial charge on any atom is -0.477 e. The van der Waals surface area contributed by atoms with Gasteiger partial charge < -0.3 is 25.0 Å². The fourth-order valence-corrected chi connectivity index (χ4v) is 5.10. The second-order valence-corrected chi connectivity index (χ2v) is 9.13. The lowest BCUT2D eigenvalue weighted by Gasteiger charge is -2.28. The van der Waals surface area contributed by atoms with Crippen LogP contribution in [-0.2, 0) is 4.74 Å². The Labute approximate surface area is 205 Å². The second kappa shape index (κ2) is 8.92. The standard InChI is InChI=1S/C27H25FN4O4/c28-20-14-18-25-24(23(20)29-6-3-7-31-8-10-36-11-9-31)30-21-12-16-4-1-2-5-17(16)13-22(21)32(25)15-19(26(18)33)27(34)35/h1-2,4-5,12-15,29-30H,3,6-11H2,(H,34,35). The Morgan fingerprint density at radius 1 is 1.14 bits per heavy atom. The molecule has 0 atom stereocenters. The van der Waals surface area contributed by atoms with E-state index in [0.29, 0.717) is 29.1 Å². The van der Waals surface area contributed by atoms with Crippen molar-refractivity contribution in [2.24, 2.45) is 0 Å². The number of carbonyl (C=O) groups is 1. The van der Waals surface area contributed by atoms with E-state index in [1.165, 1.54) is 6.20 Å². The summed E-state index contributed by atoms with van der Waals surface area (Å²) in [6, 6.07) is 12.8. The minimum absolute atomic E-state index is 0.0209. The molecule has 2 aliphatic heterocycles. The largest absolute Gasteiger partial charge is 0.477 e. The summed E-state index contributed by atoms with van der Waals surface area (Å²) in [5.41, 5.74) is 1.42. The van der Waals surface area contributed by atoms with Gasteiger partial charge >= 0.3 is 5.97 Å². The molecule has 0 unspecified atom stereocenters. The third kappa shape index (κ3) is 3.77. The van der Waals surface area contributed by atoms with Crippen molar-refractivity contribution in [3.8, 4) is 5.69 Å². The van der Waals surface area contributed by atoms with Gasteiger partial charge in [0.2, 0.25) is 5.43 Å². The van der Waals surface area contributed by atoms with Crippen LogP contribution in [0.3, 0.4) is 0 Å². The number of anilines is 3. The Bertz CT molecular complexity index is 1580. The number of pyridine rings is 1. The zero-order valence-electron chi connectivity index (χ0n) is 19.5. The number of aromatic nitrogens is 1. The summed E-state index contributed by atoms with van der Waals surface area (Å²) in [6.07, 6.45) is 2.15. The zero-order chi connectivity index (χ0) is 24.8. The first-order valence-electron chi connectivity index (χ1n) is 12.0. The fourth-order valence-electron chi connectivity index (χ4n) is 5.10. The third-order valence-electron chi connectivity index (χ3n) is 6.91. The molecule has 3 aromatic carbocycles. The van der Waals surface area contributed by atoms with Crippen LogP contribution in [0.1, 0.15) is 16.8 Å². The van der Waals surface area contributed by atoms with E-state index in [9.17, 15) is 14.7 Å². The van der Waals surface area contributed by atoms with Crippen LogP contribution in [0.4, 0.5) is 21.5 Å². The molecule has 9 heteroatoms. The summed E-state index contributed by atoms with van der Waals surface area (Å²) < 4.78 is 22.5. The predicted molar refractivity (Wildman–Crippen MR) is 138 cm³/mol. The average molecular weight is 489 g/mol. The van der Waals surface area contributed by atoms with E-state index in [1.54, 1.807) is 4.57 Å². The number of aromatic carboxylic acids is 1. The van der Waals surface area contributed by atoms with E-state index in [4.69, 9.17) is 4.74 Å². The van der Waals surface area contributed by atoms with Crippen molar-refractivity contribution in [2.75, 3.05) is 50.0 Å². The SMILES string of the molecule is O=C(O)c1cn2c3c(c(NCCCN4CCOCC4)c(F)cc3c1=O)Nc1cc3ccccc3cc1-2. The number of halogens is 1. The number of nitrogens with one attached hydrogen (secondary N) is 2. The smallest absolute Gasteiger partial charge is 0.341 e. The number of benzene rings is 3. The van der Waals surface area contributed by atoms with Gasteiger partial charge in [-0.3, -0.25) is 9.69 Å². The third-order valence-corrected chi connectivity index (χ3v) is 6.91. The van der Waals surface area contributed by atoms with Crippen molar-refractivity contribution < 1.29 is 19.0 Å². The van der Waals surface area contributed by atoms with Crippen molar-refractivity contribution in [2.45, 2.75) is 6.42 Å². The molecule has 0 amide bonds. The molecule has 4 aromatic rings. The number of carboxylic acids is 1. The highest BCUT2D eigenvalue weighted by Crippen LogP contribution is 2.43. The molecule has 0 spiro atoms. The van der Waals surface area contributed by atoms with Crippen molar-refractivity contribution in [3.63, 3.8) is 0 Å². The van der Waals surface area contributed by atoms with Crippen molar-refractivity contribution >= 4 is 44.7 Å². The van der Waals surface area contributed by atoms with Gasteiger partial charge in [-0.05, 0) is 41.9 Å². The first-order valence-corrected chi connectivity index (χ1v) is 12.0. The lowest BCUT2D eigenvalue weighted by atomic mass is 10.0. The summed E-state index contributed by atoms with van der Waals surface area (Å²) in [4.78, 5) is 27.2. The van der Waals surface area contributed by atoms with Gasteiger partial charge in [-0.25, -0.2) is 9.18 Å². The molecule has 184 valence electrons. The number of ether oxygens (including phenoxy) is 1. The predicted octanol–water partition coefficient (Wildman–Crippen LogP) is 4.17. The molecule has 8 nitrogen and oxygen atoms in total. The highest BCUT2D eigenvalue weighted by Gasteiger charge is 2.27. The Hall–Kier alpha value is -3.95. The van der Waals surface area contributed by atoms with Gasteiger partial charge in [-0.1, -0.05) is 24.3 Å². The number of morpholine rings is 1. The van der Waals surface area contributed by atoms with Crippen molar-refractivity contribution in [3.05, 3.63) is 70.3 Å². The van der Waals surface area contributed by atoms with E-state index >= 15 is 4.39 Å². The molecule has 6 rings (SSSR count). The van der Waals surface area contributed by atoms with Gasteiger partial charge in [-0.2, -0.15) is 0 Å². The van der Waals surface area contributed by atoms with Gasteiger partial charge in [0.25, 0.3) is 0 Å². The molecular formula is C27H25FN4O4. The Balaban J connectivity index is 1.46. The molecule has 0 radical (unpaired) electrons. The molecular weight excluding hydrogens is 463 g/mol. The maximum atomic E-state index is 15.4. The van der Waals surface area contributed by atoms with Crippen LogP contribution in [-0.4, -0.2) is 59.9 Å².